The average Bonchev–Trinajstić information content (AvgIpc) is 2.26. The zero-order valence-corrected chi connectivity index (χ0v) is 11.3. The maximum Gasteiger partial charge on any atom is 0.264 e. The molecule has 0 radical (unpaired) electrons. The van der Waals surface area contributed by atoms with Gasteiger partial charge in [0.2, 0.25) is 6.43 Å². The number of alkyl halides is 2. The normalized spacial score (nSPS) is 10.9. The Morgan fingerprint density at radius 1 is 1.17 bits per heavy atom. The quantitative estimate of drug-likeness (QED) is 0.388. The molecule has 3 N–H and O–H groups in total. The number of unbranched alkanes of at least 4 members (excludes halogenated alkanes) is 4. The summed E-state index contributed by atoms with van der Waals surface area (Å²) in [5, 5.41) is 0. The van der Waals surface area contributed by atoms with Gasteiger partial charge in [-0.15, -0.1) is 6.58 Å². The van der Waals surface area contributed by atoms with E-state index in [2.05, 4.69) is 6.58 Å². The predicted octanol–water partition coefficient (Wildman–Crippen LogP) is 2.61. The highest BCUT2D eigenvalue weighted by Crippen LogP contribution is 2.10. The van der Waals surface area contributed by atoms with Crippen molar-refractivity contribution >= 4 is 10.1 Å². The third kappa shape index (κ3) is 24.6. The van der Waals surface area contributed by atoms with Crippen molar-refractivity contribution in [3.63, 3.8) is 0 Å². The van der Waals surface area contributed by atoms with Crippen LogP contribution in [0.5, 0.6) is 0 Å². The van der Waals surface area contributed by atoms with Crippen molar-refractivity contribution in [2.24, 2.45) is 5.73 Å². The molecule has 0 aromatic carbocycles. The molecule has 7 heteroatoms. The van der Waals surface area contributed by atoms with Gasteiger partial charge in [-0.1, -0.05) is 25.3 Å². The highest BCUT2D eigenvalue weighted by atomic mass is 32.2. The standard InChI is InChI=1S/C8H16F2O3S.C3H7N/c9-8(10)6-4-2-1-3-5-7-14(11,12)13;1-2-3-4/h8H,1-7H2,(H,11,12,13);2H,1,3-4H2. The third-order valence-corrected chi connectivity index (χ3v) is 2.80. The van der Waals surface area contributed by atoms with Crippen LogP contribution in [-0.2, 0) is 10.1 Å². The number of halogens is 2. The molecule has 0 aromatic rings. The smallest absolute Gasteiger partial charge is 0.264 e. The van der Waals surface area contributed by atoms with E-state index in [9.17, 15) is 17.2 Å². The Labute approximate surface area is 108 Å². The van der Waals surface area contributed by atoms with E-state index in [1.165, 1.54) is 0 Å². The number of nitrogens with two attached hydrogens (primary N) is 1. The van der Waals surface area contributed by atoms with Gasteiger partial charge in [-0.2, -0.15) is 8.42 Å². The van der Waals surface area contributed by atoms with E-state index < -0.39 is 16.5 Å². The van der Waals surface area contributed by atoms with Crippen molar-refractivity contribution in [2.75, 3.05) is 12.3 Å². The van der Waals surface area contributed by atoms with Crippen LogP contribution in [0.3, 0.4) is 0 Å². The van der Waals surface area contributed by atoms with Gasteiger partial charge in [0.05, 0.1) is 5.75 Å². The molecular weight excluding hydrogens is 264 g/mol. The lowest BCUT2D eigenvalue weighted by Crippen LogP contribution is -2.03. The molecule has 0 amide bonds. The minimum atomic E-state index is -3.85. The molecule has 0 atom stereocenters. The van der Waals surface area contributed by atoms with Crippen LogP contribution in [0.1, 0.15) is 38.5 Å². The fourth-order valence-electron chi connectivity index (χ4n) is 1.11. The lowest BCUT2D eigenvalue weighted by Gasteiger charge is -2.00. The molecule has 0 rings (SSSR count). The molecule has 0 heterocycles. The van der Waals surface area contributed by atoms with E-state index >= 15 is 0 Å². The van der Waals surface area contributed by atoms with E-state index in [1.807, 2.05) is 0 Å². The first kappa shape index (κ1) is 19.8. The first-order chi connectivity index (χ1) is 8.33. The summed E-state index contributed by atoms with van der Waals surface area (Å²) in [5.74, 6) is -0.234. The molecule has 0 fully saturated rings. The summed E-state index contributed by atoms with van der Waals surface area (Å²) < 4.78 is 52.2. The summed E-state index contributed by atoms with van der Waals surface area (Å²) in [5.41, 5.74) is 4.91. The van der Waals surface area contributed by atoms with Crippen LogP contribution < -0.4 is 5.73 Å². The van der Waals surface area contributed by atoms with Crippen LogP contribution in [0, 0.1) is 0 Å². The number of hydrogen-bond acceptors (Lipinski definition) is 3. The Kier molecular flexibility index (Phi) is 14.2. The third-order valence-electron chi connectivity index (χ3n) is 1.99. The Hall–Kier alpha value is -0.530. The van der Waals surface area contributed by atoms with Crippen LogP contribution >= 0.6 is 0 Å². The topological polar surface area (TPSA) is 80.4 Å². The van der Waals surface area contributed by atoms with Gasteiger partial charge >= 0.3 is 0 Å². The zero-order valence-electron chi connectivity index (χ0n) is 10.5. The molecule has 0 aliphatic heterocycles. The lowest BCUT2D eigenvalue weighted by atomic mass is 10.1. The van der Waals surface area contributed by atoms with E-state index in [-0.39, 0.29) is 12.2 Å². The summed E-state index contributed by atoms with van der Waals surface area (Å²) in [6.07, 6.45) is 2.28. The van der Waals surface area contributed by atoms with Gasteiger partial charge in [-0.3, -0.25) is 4.55 Å². The Morgan fingerprint density at radius 2 is 1.61 bits per heavy atom. The molecule has 0 spiro atoms. The maximum absolute atomic E-state index is 11.7. The summed E-state index contributed by atoms with van der Waals surface area (Å²) in [4.78, 5) is 0. The summed E-state index contributed by atoms with van der Waals surface area (Å²) in [6.45, 7) is 3.94. The van der Waals surface area contributed by atoms with Crippen molar-refractivity contribution in [2.45, 2.75) is 45.0 Å². The molecule has 0 aromatic heterocycles. The van der Waals surface area contributed by atoms with Gasteiger partial charge < -0.3 is 5.73 Å². The average molecular weight is 287 g/mol. The second-order valence-electron chi connectivity index (χ2n) is 3.76. The molecule has 18 heavy (non-hydrogen) atoms. The second kappa shape index (κ2) is 12.9. The minimum Gasteiger partial charge on any atom is -0.327 e. The molecule has 0 aliphatic carbocycles. The van der Waals surface area contributed by atoms with Crippen LogP contribution in [0.15, 0.2) is 12.7 Å². The fraction of sp³-hybridized carbons (Fsp3) is 0.818. The SMILES string of the molecule is C=CCN.O=S(=O)(O)CCCCCCCC(F)F. The predicted molar refractivity (Wildman–Crippen MR) is 69.4 cm³/mol. The van der Waals surface area contributed by atoms with Crippen molar-refractivity contribution in [3.05, 3.63) is 12.7 Å². The minimum absolute atomic E-state index is 0.0850. The first-order valence-corrected chi connectivity index (χ1v) is 7.48. The molecule has 4 nitrogen and oxygen atoms in total. The van der Waals surface area contributed by atoms with Crippen LogP contribution in [-0.4, -0.2) is 31.7 Å². The fourth-order valence-corrected chi connectivity index (χ4v) is 1.68. The molecule has 0 saturated carbocycles. The van der Waals surface area contributed by atoms with Crippen molar-refractivity contribution in [1.82, 2.24) is 0 Å². The Morgan fingerprint density at radius 3 is 2.00 bits per heavy atom. The summed E-state index contributed by atoms with van der Waals surface area (Å²) in [7, 11) is -3.85. The van der Waals surface area contributed by atoms with Crippen LogP contribution in [0.4, 0.5) is 8.78 Å². The van der Waals surface area contributed by atoms with Crippen molar-refractivity contribution < 1.29 is 21.8 Å². The van der Waals surface area contributed by atoms with E-state index in [4.69, 9.17) is 10.3 Å². The molecule has 0 aliphatic rings. The van der Waals surface area contributed by atoms with Gasteiger partial charge in [0, 0.05) is 13.0 Å². The van der Waals surface area contributed by atoms with Gasteiger partial charge in [0.25, 0.3) is 10.1 Å². The lowest BCUT2D eigenvalue weighted by molar-refractivity contribution is 0.133. The Bertz CT molecular complexity index is 282. The van der Waals surface area contributed by atoms with Gasteiger partial charge in [0.15, 0.2) is 0 Å². The van der Waals surface area contributed by atoms with Gasteiger partial charge in [0.1, 0.15) is 0 Å². The van der Waals surface area contributed by atoms with Crippen molar-refractivity contribution in [1.29, 1.82) is 0 Å². The Balaban J connectivity index is 0. The van der Waals surface area contributed by atoms with E-state index in [1.54, 1.807) is 6.08 Å². The summed E-state index contributed by atoms with van der Waals surface area (Å²) in [6, 6.07) is 0. The van der Waals surface area contributed by atoms with Gasteiger partial charge in [-0.05, 0) is 12.8 Å². The summed E-state index contributed by atoms with van der Waals surface area (Å²) >= 11 is 0. The molecule has 0 unspecified atom stereocenters. The van der Waals surface area contributed by atoms with Crippen LogP contribution in [0.25, 0.3) is 0 Å². The van der Waals surface area contributed by atoms with E-state index in [0.29, 0.717) is 32.2 Å². The zero-order chi connectivity index (χ0) is 14.4. The highest BCUT2D eigenvalue weighted by molar-refractivity contribution is 7.85. The van der Waals surface area contributed by atoms with Gasteiger partial charge in [-0.25, -0.2) is 8.78 Å². The first-order valence-electron chi connectivity index (χ1n) is 5.87. The molecule has 0 saturated heterocycles. The van der Waals surface area contributed by atoms with Crippen molar-refractivity contribution in [3.8, 4) is 0 Å². The monoisotopic (exact) mass is 287 g/mol. The second-order valence-corrected chi connectivity index (χ2v) is 5.33. The number of hydrogen-bond donors (Lipinski definition) is 2. The molecule has 0 bridgehead atoms. The van der Waals surface area contributed by atoms with Crippen LogP contribution in [0.2, 0.25) is 0 Å². The number of rotatable bonds is 9. The van der Waals surface area contributed by atoms with E-state index in [0.717, 1.165) is 6.42 Å². The highest BCUT2D eigenvalue weighted by Gasteiger charge is 2.04. The molecular formula is C11H23F2NO3S. The largest absolute Gasteiger partial charge is 0.327 e. The molecule has 110 valence electrons. The maximum atomic E-state index is 11.7.